The topological polar surface area (TPSA) is 62.5 Å². The maximum Gasteiger partial charge on any atom is 0.163 e. The van der Waals surface area contributed by atoms with E-state index in [2.05, 4.69) is 148 Å². The third-order valence-corrected chi connectivity index (χ3v) is 9.21. The predicted octanol–water partition coefficient (Wildman–Crippen LogP) is 9.72. The van der Waals surface area contributed by atoms with Crippen LogP contribution in [0.5, 0.6) is 0 Å². The van der Waals surface area contributed by atoms with Crippen molar-refractivity contribution in [2.24, 2.45) is 0 Å². The van der Waals surface area contributed by atoms with Gasteiger partial charge in [0.15, 0.2) is 5.82 Å². The summed E-state index contributed by atoms with van der Waals surface area (Å²) in [7, 11) is 0. The largest absolute Gasteiger partial charge is 0.219 e. The smallest absolute Gasteiger partial charge is 0.163 e. The predicted molar refractivity (Wildman–Crippen MR) is 188 cm³/mol. The van der Waals surface area contributed by atoms with Crippen molar-refractivity contribution in [2.75, 3.05) is 0 Å². The molecular formula is C43H30N4. The SMILES string of the molecule is Cc1nc(C)nc(-c2ccc(-c3cc4c(cc3-c3cccc(C#N)c3)C(c3ccccc3)(c3ccccc3)c3ccccc3-4)cc2)n1. The molecule has 1 aliphatic rings. The van der Waals surface area contributed by atoms with Gasteiger partial charge in [0.25, 0.3) is 0 Å². The van der Waals surface area contributed by atoms with Gasteiger partial charge in [0.05, 0.1) is 17.0 Å². The Morgan fingerprint density at radius 3 is 1.72 bits per heavy atom. The van der Waals surface area contributed by atoms with Crippen LogP contribution in [0.3, 0.4) is 0 Å². The first-order valence-electron chi connectivity index (χ1n) is 15.8. The van der Waals surface area contributed by atoms with Crippen LogP contribution in [0, 0.1) is 25.2 Å². The third-order valence-electron chi connectivity index (χ3n) is 9.21. The van der Waals surface area contributed by atoms with Crippen LogP contribution in [0.25, 0.3) is 44.8 Å². The van der Waals surface area contributed by atoms with Crippen molar-refractivity contribution in [3.63, 3.8) is 0 Å². The highest BCUT2D eigenvalue weighted by Gasteiger charge is 2.46. The van der Waals surface area contributed by atoms with Gasteiger partial charge in [-0.1, -0.05) is 121 Å². The Labute approximate surface area is 274 Å². The maximum atomic E-state index is 9.86. The molecule has 4 nitrogen and oxygen atoms in total. The molecule has 222 valence electrons. The van der Waals surface area contributed by atoms with Gasteiger partial charge in [0, 0.05) is 5.56 Å². The lowest BCUT2D eigenvalue weighted by Gasteiger charge is -2.34. The van der Waals surface area contributed by atoms with Crippen LogP contribution in [0.1, 0.15) is 39.5 Å². The second-order valence-corrected chi connectivity index (χ2v) is 12.0. The zero-order valence-corrected chi connectivity index (χ0v) is 26.1. The van der Waals surface area contributed by atoms with Gasteiger partial charge < -0.3 is 0 Å². The van der Waals surface area contributed by atoms with E-state index in [1.165, 1.54) is 33.4 Å². The molecule has 1 aromatic heterocycles. The molecule has 0 saturated heterocycles. The minimum Gasteiger partial charge on any atom is -0.219 e. The average Bonchev–Trinajstić information content (AvgIpc) is 3.42. The van der Waals surface area contributed by atoms with E-state index in [0.717, 1.165) is 27.8 Å². The number of rotatable bonds is 5. The number of hydrogen-bond acceptors (Lipinski definition) is 4. The quantitative estimate of drug-likeness (QED) is 0.197. The number of benzene rings is 6. The standard InChI is InChI=1S/C43H30N4/c1-28-45-29(2)47-42(46-28)32-22-20-31(21-23-32)37-25-39-36-18-9-10-19-40(36)43(34-14-5-3-6-15-34,35-16-7-4-8-17-35)41(39)26-38(37)33-13-11-12-30(24-33)27-44/h3-26H,1-2H3. The zero-order chi connectivity index (χ0) is 32.0. The summed E-state index contributed by atoms with van der Waals surface area (Å²) in [5, 5.41) is 9.86. The molecule has 7 aromatic rings. The third kappa shape index (κ3) is 4.64. The molecule has 4 heteroatoms. The fraction of sp³-hybridized carbons (Fsp3) is 0.0698. The second-order valence-electron chi connectivity index (χ2n) is 12.0. The van der Waals surface area contributed by atoms with Gasteiger partial charge in [-0.05, 0) is 93.7 Å². The molecule has 0 spiro atoms. The van der Waals surface area contributed by atoms with Gasteiger partial charge in [-0.25, -0.2) is 15.0 Å². The lowest BCUT2D eigenvalue weighted by molar-refractivity contribution is 0.769. The van der Waals surface area contributed by atoms with E-state index < -0.39 is 5.41 Å². The maximum absolute atomic E-state index is 9.86. The van der Waals surface area contributed by atoms with Gasteiger partial charge in [-0.3, -0.25) is 0 Å². The summed E-state index contributed by atoms with van der Waals surface area (Å²) >= 11 is 0. The van der Waals surface area contributed by atoms with Gasteiger partial charge in [-0.2, -0.15) is 5.26 Å². The Bertz CT molecular complexity index is 2260. The van der Waals surface area contributed by atoms with E-state index in [1.807, 2.05) is 32.0 Å². The van der Waals surface area contributed by atoms with Crippen LogP contribution in [0.15, 0.2) is 146 Å². The molecule has 0 bridgehead atoms. The molecule has 6 aromatic carbocycles. The normalized spacial score (nSPS) is 12.6. The van der Waals surface area contributed by atoms with E-state index in [9.17, 15) is 5.26 Å². The summed E-state index contributed by atoms with van der Waals surface area (Å²) < 4.78 is 0. The first-order chi connectivity index (χ1) is 23.1. The molecule has 0 atom stereocenters. The molecule has 0 fully saturated rings. The molecule has 1 aliphatic carbocycles. The second kappa shape index (κ2) is 11.3. The van der Waals surface area contributed by atoms with Crippen LogP contribution < -0.4 is 0 Å². The molecule has 47 heavy (non-hydrogen) atoms. The summed E-state index contributed by atoms with van der Waals surface area (Å²) in [6.07, 6.45) is 0. The van der Waals surface area contributed by atoms with Crippen LogP contribution in [-0.4, -0.2) is 15.0 Å². The number of nitriles is 1. The minimum atomic E-state index is -0.521. The Morgan fingerprint density at radius 1 is 0.468 bits per heavy atom. The van der Waals surface area contributed by atoms with E-state index >= 15 is 0 Å². The first kappa shape index (κ1) is 28.3. The van der Waals surface area contributed by atoms with Crippen LogP contribution >= 0.6 is 0 Å². The summed E-state index contributed by atoms with van der Waals surface area (Å²) in [6, 6.07) is 53.9. The van der Waals surface area contributed by atoms with Gasteiger partial charge in [0.1, 0.15) is 11.6 Å². The van der Waals surface area contributed by atoms with Crippen molar-refractivity contribution in [1.82, 2.24) is 15.0 Å². The monoisotopic (exact) mass is 602 g/mol. The van der Waals surface area contributed by atoms with Crippen molar-refractivity contribution >= 4 is 0 Å². The fourth-order valence-corrected chi connectivity index (χ4v) is 7.27. The van der Waals surface area contributed by atoms with Crippen LogP contribution in [0.2, 0.25) is 0 Å². The molecule has 0 unspecified atom stereocenters. The van der Waals surface area contributed by atoms with E-state index in [4.69, 9.17) is 0 Å². The number of hydrogen-bond donors (Lipinski definition) is 0. The Kier molecular flexibility index (Phi) is 6.82. The van der Waals surface area contributed by atoms with E-state index in [-0.39, 0.29) is 0 Å². The van der Waals surface area contributed by atoms with Crippen molar-refractivity contribution in [3.05, 3.63) is 185 Å². The minimum absolute atomic E-state index is 0.521. The van der Waals surface area contributed by atoms with Gasteiger partial charge in [-0.15, -0.1) is 0 Å². The summed E-state index contributed by atoms with van der Waals surface area (Å²) in [4.78, 5) is 13.5. The molecule has 0 aliphatic heterocycles. The van der Waals surface area contributed by atoms with E-state index in [1.54, 1.807) is 0 Å². The number of nitrogens with zero attached hydrogens (tertiary/aromatic N) is 4. The number of aryl methyl sites for hydroxylation is 2. The summed E-state index contributed by atoms with van der Waals surface area (Å²) in [5.41, 5.74) is 12.6. The molecule has 8 rings (SSSR count). The average molecular weight is 603 g/mol. The highest BCUT2D eigenvalue weighted by molar-refractivity contribution is 5.95. The van der Waals surface area contributed by atoms with Crippen LogP contribution in [-0.2, 0) is 5.41 Å². The van der Waals surface area contributed by atoms with Crippen molar-refractivity contribution in [1.29, 1.82) is 5.26 Å². The van der Waals surface area contributed by atoms with Gasteiger partial charge in [0.2, 0.25) is 0 Å². The molecule has 0 N–H and O–H groups in total. The van der Waals surface area contributed by atoms with Crippen molar-refractivity contribution in [2.45, 2.75) is 19.3 Å². The molecular weight excluding hydrogens is 573 g/mol. The lowest BCUT2D eigenvalue weighted by Crippen LogP contribution is -2.28. The number of fused-ring (bicyclic) bond motifs is 3. The zero-order valence-electron chi connectivity index (χ0n) is 26.1. The molecule has 1 heterocycles. The number of aromatic nitrogens is 3. The highest BCUT2D eigenvalue weighted by Crippen LogP contribution is 2.58. The summed E-state index contributed by atoms with van der Waals surface area (Å²) in [6.45, 7) is 3.78. The Morgan fingerprint density at radius 2 is 1.06 bits per heavy atom. The van der Waals surface area contributed by atoms with Crippen molar-refractivity contribution < 1.29 is 0 Å². The highest BCUT2D eigenvalue weighted by atomic mass is 15.0. The summed E-state index contributed by atoms with van der Waals surface area (Å²) in [5.74, 6) is 2.07. The molecule has 0 radical (unpaired) electrons. The fourth-order valence-electron chi connectivity index (χ4n) is 7.27. The van der Waals surface area contributed by atoms with Crippen LogP contribution in [0.4, 0.5) is 0 Å². The van der Waals surface area contributed by atoms with E-state index in [0.29, 0.717) is 23.0 Å². The molecule has 0 saturated carbocycles. The lowest BCUT2D eigenvalue weighted by atomic mass is 9.67. The first-order valence-corrected chi connectivity index (χ1v) is 15.8. The Hall–Kier alpha value is -6.18. The molecule has 0 amide bonds. The van der Waals surface area contributed by atoms with Crippen molar-refractivity contribution in [3.8, 4) is 50.8 Å². The Balaban J connectivity index is 1.43. The van der Waals surface area contributed by atoms with Gasteiger partial charge >= 0.3 is 0 Å².